The van der Waals surface area contributed by atoms with Crippen LogP contribution in [0.3, 0.4) is 0 Å². The van der Waals surface area contributed by atoms with Crippen molar-refractivity contribution < 1.29 is 8.78 Å². The Labute approximate surface area is 136 Å². The van der Waals surface area contributed by atoms with E-state index in [1.165, 1.54) is 6.07 Å². The largest absolute Gasteiger partial charge is 0.361 e. The minimum atomic E-state index is -0.448. The molecule has 2 aromatic heterocycles. The smallest absolute Gasteiger partial charge is 0.223 e. The number of anilines is 1. The maximum Gasteiger partial charge on any atom is 0.223 e. The third-order valence-corrected chi connectivity index (χ3v) is 3.96. The molecule has 3 rings (SSSR count). The molecule has 1 aromatic carbocycles. The molecule has 0 saturated heterocycles. The Morgan fingerprint density at radius 1 is 1.17 bits per heavy atom. The summed E-state index contributed by atoms with van der Waals surface area (Å²) in [5.74, 6) is -0.439. The Morgan fingerprint density at radius 2 is 1.87 bits per heavy atom. The van der Waals surface area contributed by atoms with E-state index in [9.17, 15) is 8.78 Å². The quantitative estimate of drug-likeness (QED) is 0.752. The van der Waals surface area contributed by atoms with Crippen LogP contribution in [0.15, 0.2) is 18.3 Å². The van der Waals surface area contributed by atoms with Crippen LogP contribution in [0, 0.1) is 25.5 Å². The molecule has 0 bridgehead atoms. The first-order chi connectivity index (χ1) is 11.0. The monoisotopic (exact) mass is 336 g/mol. The fraction of sp³-hybridized carbons (Fsp3) is 0.250. The summed E-state index contributed by atoms with van der Waals surface area (Å²) < 4.78 is 26.9. The molecule has 0 radical (unpaired) electrons. The van der Waals surface area contributed by atoms with E-state index in [4.69, 9.17) is 11.6 Å². The van der Waals surface area contributed by atoms with Gasteiger partial charge in [-0.1, -0.05) is 11.6 Å². The highest BCUT2D eigenvalue weighted by Crippen LogP contribution is 2.25. The first-order valence-electron chi connectivity index (χ1n) is 7.15. The average molecular weight is 337 g/mol. The van der Waals surface area contributed by atoms with Gasteiger partial charge in [-0.2, -0.15) is 0 Å². The number of aryl methyl sites for hydroxylation is 2. The topological polar surface area (TPSA) is 53.6 Å². The van der Waals surface area contributed by atoms with Crippen molar-refractivity contribution in [1.82, 2.24) is 15.0 Å². The highest BCUT2D eigenvalue weighted by Gasteiger charge is 2.10. The highest BCUT2D eigenvalue weighted by molar-refractivity contribution is 6.31. The molecule has 3 aromatic rings. The van der Waals surface area contributed by atoms with Gasteiger partial charge >= 0.3 is 0 Å². The van der Waals surface area contributed by atoms with Crippen molar-refractivity contribution in [2.45, 2.75) is 20.3 Å². The van der Waals surface area contributed by atoms with E-state index in [-0.39, 0.29) is 10.8 Å². The van der Waals surface area contributed by atoms with Gasteiger partial charge in [0, 0.05) is 23.6 Å². The summed E-state index contributed by atoms with van der Waals surface area (Å²) in [6.07, 6.45) is 2.49. The number of aromatic amines is 1. The zero-order valence-electron chi connectivity index (χ0n) is 12.7. The number of benzene rings is 1. The number of hydrogen-bond acceptors (Lipinski definition) is 3. The lowest BCUT2D eigenvalue weighted by Gasteiger charge is -2.07. The first-order valence-corrected chi connectivity index (χ1v) is 7.53. The van der Waals surface area contributed by atoms with Crippen molar-refractivity contribution in [3.05, 3.63) is 51.9 Å². The average Bonchev–Trinajstić information content (AvgIpc) is 2.87. The van der Waals surface area contributed by atoms with Gasteiger partial charge in [-0.15, -0.1) is 0 Å². The summed E-state index contributed by atoms with van der Waals surface area (Å²) in [5, 5.41) is 4.05. The molecule has 0 atom stereocenters. The minimum Gasteiger partial charge on any atom is -0.361 e. The first kappa shape index (κ1) is 15.7. The van der Waals surface area contributed by atoms with Crippen molar-refractivity contribution in [3.63, 3.8) is 0 Å². The fourth-order valence-corrected chi connectivity index (χ4v) is 2.64. The summed E-state index contributed by atoms with van der Waals surface area (Å²) in [6.45, 7) is 3.77. The number of rotatable bonds is 4. The summed E-state index contributed by atoms with van der Waals surface area (Å²) >= 11 is 5.84. The molecule has 0 aliphatic carbocycles. The van der Waals surface area contributed by atoms with E-state index in [1.54, 1.807) is 19.9 Å². The molecule has 120 valence electrons. The number of nitrogens with zero attached hydrogens (tertiary/aromatic N) is 2. The highest BCUT2D eigenvalue weighted by atomic mass is 35.5. The molecule has 0 fully saturated rings. The Balaban J connectivity index is 1.73. The molecule has 2 heterocycles. The number of halogens is 3. The van der Waals surface area contributed by atoms with Crippen molar-refractivity contribution >= 4 is 28.5 Å². The number of aromatic nitrogens is 3. The molecule has 2 N–H and O–H groups in total. The van der Waals surface area contributed by atoms with Gasteiger partial charge < -0.3 is 10.3 Å². The van der Waals surface area contributed by atoms with Crippen LogP contribution in [0.25, 0.3) is 10.9 Å². The molecule has 4 nitrogen and oxygen atoms in total. The van der Waals surface area contributed by atoms with Crippen molar-refractivity contribution in [1.29, 1.82) is 0 Å². The predicted octanol–water partition coefficient (Wildman–Crippen LogP) is 4.16. The second-order valence-electron chi connectivity index (χ2n) is 5.33. The van der Waals surface area contributed by atoms with E-state index in [2.05, 4.69) is 20.3 Å². The Morgan fingerprint density at radius 3 is 2.57 bits per heavy atom. The SMILES string of the molecule is Cc1nc(NCCc2c[nH]c3cc(F)c(Cl)cc23)nc(C)c1F. The number of fused-ring (bicyclic) bond motifs is 1. The van der Waals surface area contributed by atoms with Crippen molar-refractivity contribution in [3.8, 4) is 0 Å². The van der Waals surface area contributed by atoms with Crippen LogP contribution in [0.1, 0.15) is 17.0 Å². The van der Waals surface area contributed by atoms with E-state index >= 15 is 0 Å². The molecule has 0 saturated carbocycles. The maximum atomic E-state index is 13.5. The zero-order chi connectivity index (χ0) is 16.6. The molecule has 0 amide bonds. The van der Waals surface area contributed by atoms with Gasteiger partial charge in [-0.05, 0) is 38.0 Å². The third-order valence-electron chi connectivity index (χ3n) is 3.67. The predicted molar refractivity (Wildman–Crippen MR) is 86.9 cm³/mol. The molecule has 7 heteroatoms. The van der Waals surface area contributed by atoms with Gasteiger partial charge in [0.2, 0.25) is 5.95 Å². The lowest BCUT2D eigenvalue weighted by molar-refractivity contribution is 0.590. The van der Waals surface area contributed by atoms with Gasteiger partial charge in [0.05, 0.1) is 16.4 Å². The Hall–Kier alpha value is -2.21. The van der Waals surface area contributed by atoms with Crippen LogP contribution in [-0.2, 0) is 6.42 Å². The van der Waals surface area contributed by atoms with Crippen LogP contribution in [-0.4, -0.2) is 21.5 Å². The lowest BCUT2D eigenvalue weighted by Crippen LogP contribution is -2.10. The second-order valence-corrected chi connectivity index (χ2v) is 5.74. The number of H-pyrrole nitrogens is 1. The molecule has 0 unspecified atom stereocenters. The summed E-state index contributed by atoms with van der Waals surface area (Å²) in [4.78, 5) is 11.2. The van der Waals surface area contributed by atoms with Crippen molar-refractivity contribution in [2.24, 2.45) is 0 Å². The summed E-state index contributed by atoms with van der Waals surface area (Å²) in [5.41, 5.74) is 2.33. The Bertz CT molecular complexity index is 853. The van der Waals surface area contributed by atoms with Crippen LogP contribution in [0.5, 0.6) is 0 Å². The zero-order valence-corrected chi connectivity index (χ0v) is 13.4. The molecule has 0 aliphatic heterocycles. The molecule has 0 aliphatic rings. The number of hydrogen-bond donors (Lipinski definition) is 2. The van der Waals surface area contributed by atoms with E-state index < -0.39 is 5.82 Å². The molecule has 23 heavy (non-hydrogen) atoms. The minimum absolute atomic E-state index is 0.0967. The summed E-state index contributed by atoms with van der Waals surface area (Å²) in [6, 6.07) is 2.99. The van der Waals surface area contributed by atoms with E-state index in [0.29, 0.717) is 35.8 Å². The number of nitrogens with one attached hydrogen (secondary N) is 2. The standard InChI is InChI=1S/C16H15ClF2N4/c1-8-15(19)9(2)23-16(22-8)20-4-3-10-7-21-14-6-13(18)12(17)5-11(10)14/h5-7,21H,3-4H2,1-2H3,(H,20,22,23). The van der Waals surface area contributed by atoms with Gasteiger partial charge in [0.1, 0.15) is 5.82 Å². The fourth-order valence-electron chi connectivity index (χ4n) is 2.47. The van der Waals surface area contributed by atoms with Gasteiger partial charge in [0.15, 0.2) is 5.82 Å². The summed E-state index contributed by atoms with van der Waals surface area (Å²) in [7, 11) is 0. The van der Waals surface area contributed by atoms with E-state index in [0.717, 1.165) is 10.9 Å². The normalized spacial score (nSPS) is 11.2. The lowest BCUT2D eigenvalue weighted by atomic mass is 10.1. The van der Waals surface area contributed by atoms with Gasteiger partial charge in [-0.3, -0.25) is 0 Å². The molecule has 0 spiro atoms. The van der Waals surface area contributed by atoms with Crippen LogP contribution >= 0.6 is 11.6 Å². The van der Waals surface area contributed by atoms with Crippen molar-refractivity contribution in [2.75, 3.05) is 11.9 Å². The van der Waals surface area contributed by atoms with E-state index in [1.807, 2.05) is 6.20 Å². The second kappa shape index (κ2) is 6.12. The van der Waals surface area contributed by atoms with Crippen LogP contribution in [0.2, 0.25) is 5.02 Å². The van der Waals surface area contributed by atoms with Crippen LogP contribution in [0.4, 0.5) is 14.7 Å². The molecular formula is C16H15ClF2N4. The molecular weight excluding hydrogens is 322 g/mol. The maximum absolute atomic E-state index is 13.5. The van der Waals surface area contributed by atoms with Gasteiger partial charge in [-0.25, -0.2) is 18.7 Å². The Kier molecular flexibility index (Phi) is 4.17. The van der Waals surface area contributed by atoms with Gasteiger partial charge in [0.25, 0.3) is 0 Å². The third kappa shape index (κ3) is 3.12. The van der Waals surface area contributed by atoms with Crippen LogP contribution < -0.4 is 5.32 Å².